The van der Waals surface area contributed by atoms with Gasteiger partial charge in [0.15, 0.2) is 5.82 Å². The van der Waals surface area contributed by atoms with Gasteiger partial charge in [-0.1, -0.05) is 0 Å². The zero-order valence-corrected chi connectivity index (χ0v) is 13.5. The van der Waals surface area contributed by atoms with Crippen LogP contribution in [-0.2, 0) is 6.42 Å². The summed E-state index contributed by atoms with van der Waals surface area (Å²) in [5.74, 6) is 1.03. The molecule has 116 valence electrons. The molecule has 5 nitrogen and oxygen atoms in total. The van der Waals surface area contributed by atoms with Gasteiger partial charge in [0.05, 0.1) is 5.69 Å². The van der Waals surface area contributed by atoms with Gasteiger partial charge in [-0.3, -0.25) is 4.98 Å². The molecule has 0 radical (unpaired) electrons. The maximum absolute atomic E-state index is 4.53. The van der Waals surface area contributed by atoms with Crippen LogP contribution in [0, 0.1) is 13.8 Å². The molecule has 3 rings (SSSR count). The van der Waals surface area contributed by atoms with E-state index in [0.29, 0.717) is 6.04 Å². The summed E-state index contributed by atoms with van der Waals surface area (Å²) in [6.45, 7) is 9.49. The third-order valence-corrected chi connectivity index (χ3v) is 4.39. The van der Waals surface area contributed by atoms with Crippen molar-refractivity contribution in [1.29, 1.82) is 0 Å². The average Bonchev–Trinajstić information content (AvgIpc) is 2.53. The van der Waals surface area contributed by atoms with Crippen LogP contribution >= 0.6 is 0 Å². The molecule has 1 fully saturated rings. The second kappa shape index (κ2) is 6.40. The molecule has 0 unspecified atom stereocenters. The van der Waals surface area contributed by atoms with Crippen molar-refractivity contribution in [2.24, 2.45) is 0 Å². The highest BCUT2D eigenvalue weighted by Crippen LogP contribution is 2.23. The SMILES string of the molecule is Cc1c(Cc2ccncc2)nnc(N2CCN[C@H](C)C2)c1C. The molecule has 1 saturated heterocycles. The fourth-order valence-corrected chi connectivity index (χ4v) is 2.93. The van der Waals surface area contributed by atoms with Crippen molar-refractivity contribution in [3.8, 4) is 0 Å². The normalized spacial score (nSPS) is 18.5. The molecule has 22 heavy (non-hydrogen) atoms. The van der Waals surface area contributed by atoms with Crippen LogP contribution in [0.3, 0.4) is 0 Å². The number of nitrogens with one attached hydrogen (secondary N) is 1. The summed E-state index contributed by atoms with van der Waals surface area (Å²) in [6.07, 6.45) is 4.45. The molecule has 0 aromatic carbocycles. The van der Waals surface area contributed by atoms with E-state index in [1.807, 2.05) is 24.5 Å². The highest BCUT2D eigenvalue weighted by Gasteiger charge is 2.20. The van der Waals surface area contributed by atoms with Gasteiger partial charge in [-0.15, -0.1) is 5.10 Å². The fraction of sp³-hybridized carbons (Fsp3) is 0.471. The quantitative estimate of drug-likeness (QED) is 0.937. The summed E-state index contributed by atoms with van der Waals surface area (Å²) >= 11 is 0. The average molecular weight is 297 g/mol. The molecule has 3 heterocycles. The fourth-order valence-electron chi connectivity index (χ4n) is 2.93. The molecule has 0 saturated carbocycles. The lowest BCUT2D eigenvalue weighted by atomic mass is 10.0. The van der Waals surface area contributed by atoms with Gasteiger partial charge < -0.3 is 10.2 Å². The summed E-state index contributed by atoms with van der Waals surface area (Å²) < 4.78 is 0. The number of piperazine rings is 1. The molecule has 1 aliphatic rings. The molecule has 5 heteroatoms. The summed E-state index contributed by atoms with van der Waals surface area (Å²) in [5.41, 5.74) is 4.76. The van der Waals surface area contributed by atoms with E-state index < -0.39 is 0 Å². The summed E-state index contributed by atoms with van der Waals surface area (Å²) in [7, 11) is 0. The zero-order valence-electron chi connectivity index (χ0n) is 13.5. The van der Waals surface area contributed by atoms with Crippen molar-refractivity contribution in [1.82, 2.24) is 20.5 Å². The predicted octanol–water partition coefficient (Wildman–Crippen LogP) is 1.88. The molecule has 0 amide bonds. The van der Waals surface area contributed by atoms with Gasteiger partial charge in [-0.2, -0.15) is 5.10 Å². The number of nitrogens with zero attached hydrogens (tertiary/aromatic N) is 4. The minimum atomic E-state index is 0.492. The number of anilines is 1. The van der Waals surface area contributed by atoms with Crippen LogP contribution in [-0.4, -0.2) is 40.9 Å². The monoisotopic (exact) mass is 297 g/mol. The zero-order chi connectivity index (χ0) is 15.5. The van der Waals surface area contributed by atoms with E-state index >= 15 is 0 Å². The molecular weight excluding hydrogens is 274 g/mol. The summed E-state index contributed by atoms with van der Waals surface area (Å²) in [5, 5.41) is 12.5. The van der Waals surface area contributed by atoms with Gasteiger partial charge in [-0.05, 0) is 49.6 Å². The van der Waals surface area contributed by atoms with Crippen molar-refractivity contribution in [3.63, 3.8) is 0 Å². The van der Waals surface area contributed by atoms with E-state index in [1.165, 1.54) is 16.7 Å². The standard InChI is InChI=1S/C17H23N5/c1-12-11-22(9-8-19-12)17-14(3)13(2)16(20-21-17)10-15-4-6-18-7-5-15/h4-7,12,19H,8-11H2,1-3H3/t12-/m1/s1. The first-order valence-electron chi connectivity index (χ1n) is 7.85. The molecule has 1 atom stereocenters. The third kappa shape index (κ3) is 3.09. The molecular formula is C17H23N5. The van der Waals surface area contributed by atoms with Crippen LogP contribution < -0.4 is 10.2 Å². The van der Waals surface area contributed by atoms with Crippen molar-refractivity contribution < 1.29 is 0 Å². The van der Waals surface area contributed by atoms with Crippen LogP contribution in [0.2, 0.25) is 0 Å². The minimum absolute atomic E-state index is 0.492. The topological polar surface area (TPSA) is 53.9 Å². The number of hydrogen-bond acceptors (Lipinski definition) is 5. The van der Waals surface area contributed by atoms with Gasteiger partial charge in [0, 0.05) is 44.5 Å². The lowest BCUT2D eigenvalue weighted by molar-refractivity contribution is 0.480. The van der Waals surface area contributed by atoms with Crippen LogP contribution in [0.1, 0.15) is 29.3 Å². The third-order valence-electron chi connectivity index (χ3n) is 4.39. The number of pyridine rings is 1. The second-order valence-corrected chi connectivity index (χ2v) is 6.05. The Morgan fingerprint density at radius 2 is 1.95 bits per heavy atom. The molecule has 1 aliphatic heterocycles. The Morgan fingerprint density at radius 3 is 2.68 bits per heavy atom. The highest BCUT2D eigenvalue weighted by molar-refractivity contribution is 5.51. The number of rotatable bonds is 3. The highest BCUT2D eigenvalue weighted by atomic mass is 15.3. The van der Waals surface area contributed by atoms with E-state index in [-0.39, 0.29) is 0 Å². The van der Waals surface area contributed by atoms with Crippen molar-refractivity contribution in [3.05, 3.63) is 46.9 Å². The predicted molar refractivity (Wildman–Crippen MR) is 88.2 cm³/mol. The first-order valence-corrected chi connectivity index (χ1v) is 7.85. The Labute approximate surface area is 131 Å². The molecule has 0 spiro atoms. The Bertz CT molecular complexity index is 641. The molecule has 0 aliphatic carbocycles. The van der Waals surface area contributed by atoms with Crippen LogP contribution in [0.5, 0.6) is 0 Å². The summed E-state index contributed by atoms with van der Waals surface area (Å²) in [4.78, 5) is 6.40. The maximum Gasteiger partial charge on any atom is 0.154 e. The first kappa shape index (κ1) is 14.9. The molecule has 2 aromatic heterocycles. The van der Waals surface area contributed by atoms with E-state index in [2.05, 4.69) is 46.2 Å². The van der Waals surface area contributed by atoms with Crippen LogP contribution in [0.4, 0.5) is 5.82 Å². The Morgan fingerprint density at radius 1 is 1.18 bits per heavy atom. The Balaban J connectivity index is 1.85. The largest absolute Gasteiger partial charge is 0.352 e. The first-order chi connectivity index (χ1) is 10.6. The van der Waals surface area contributed by atoms with Crippen LogP contribution in [0.15, 0.2) is 24.5 Å². The second-order valence-electron chi connectivity index (χ2n) is 6.05. The van der Waals surface area contributed by atoms with Crippen LogP contribution in [0.25, 0.3) is 0 Å². The lowest BCUT2D eigenvalue weighted by Gasteiger charge is -2.33. The summed E-state index contributed by atoms with van der Waals surface area (Å²) in [6, 6.07) is 4.55. The smallest absolute Gasteiger partial charge is 0.154 e. The van der Waals surface area contributed by atoms with E-state index in [1.54, 1.807) is 0 Å². The van der Waals surface area contributed by atoms with E-state index in [0.717, 1.165) is 37.6 Å². The number of aromatic nitrogens is 3. The maximum atomic E-state index is 4.53. The molecule has 1 N–H and O–H groups in total. The van der Waals surface area contributed by atoms with Crippen molar-refractivity contribution >= 4 is 5.82 Å². The van der Waals surface area contributed by atoms with Gasteiger partial charge >= 0.3 is 0 Å². The molecule has 0 bridgehead atoms. The van der Waals surface area contributed by atoms with E-state index in [4.69, 9.17) is 0 Å². The van der Waals surface area contributed by atoms with Crippen molar-refractivity contribution in [2.45, 2.75) is 33.2 Å². The van der Waals surface area contributed by atoms with Gasteiger partial charge in [0.2, 0.25) is 0 Å². The Kier molecular flexibility index (Phi) is 4.34. The van der Waals surface area contributed by atoms with Gasteiger partial charge in [-0.25, -0.2) is 0 Å². The molecule has 2 aromatic rings. The van der Waals surface area contributed by atoms with Gasteiger partial charge in [0.1, 0.15) is 0 Å². The number of hydrogen-bond donors (Lipinski definition) is 1. The minimum Gasteiger partial charge on any atom is -0.352 e. The van der Waals surface area contributed by atoms with E-state index in [9.17, 15) is 0 Å². The van der Waals surface area contributed by atoms with Gasteiger partial charge in [0.25, 0.3) is 0 Å². The van der Waals surface area contributed by atoms with Crippen molar-refractivity contribution in [2.75, 3.05) is 24.5 Å². The lowest BCUT2D eigenvalue weighted by Crippen LogP contribution is -2.49. The Hall–Kier alpha value is -2.01.